The molecule has 2 nitrogen and oxygen atoms in total. The van der Waals surface area contributed by atoms with Crippen LogP contribution in [0, 0.1) is 0 Å². The first kappa shape index (κ1) is 10.0. The van der Waals surface area contributed by atoms with Crippen molar-refractivity contribution in [1.29, 1.82) is 0 Å². The Hall–Kier alpha value is -0.0600. The lowest BCUT2D eigenvalue weighted by atomic mass is 10.5. The number of rotatable bonds is 4. The maximum absolute atomic E-state index is 4.30. The molecule has 68 valence electrons. The smallest absolute Gasteiger partial charge is 0.0936 e. The normalized spacial score (nSPS) is 11.0. The molecular weight excluding hydrogens is 188 g/mol. The third-order valence-electron chi connectivity index (χ3n) is 1.40. The number of nitrogens with zero attached hydrogens (tertiary/aromatic N) is 2. The van der Waals surface area contributed by atoms with Crippen molar-refractivity contribution in [3.8, 4) is 0 Å². The molecule has 0 saturated carbocycles. The number of hydrogen-bond acceptors (Lipinski definition) is 4. The number of aryl methyl sites for hydroxylation is 1. The highest BCUT2D eigenvalue weighted by atomic mass is 32.1. The third-order valence-corrected chi connectivity index (χ3v) is 2.66. The monoisotopic (exact) mass is 202 g/mol. The largest absolute Gasteiger partial charge is 0.304 e. The maximum Gasteiger partial charge on any atom is 0.0936 e. The fraction of sp³-hybridized carbons (Fsp3) is 0.625. The summed E-state index contributed by atoms with van der Waals surface area (Å²) in [7, 11) is 4.13. The minimum absolute atomic E-state index is 0.884. The highest BCUT2D eigenvalue weighted by molar-refractivity contribution is 7.80. The molecule has 0 saturated heterocycles. The molecule has 1 aromatic heterocycles. The molecule has 0 aromatic carbocycles. The van der Waals surface area contributed by atoms with Gasteiger partial charge in [-0.3, -0.25) is 0 Å². The van der Waals surface area contributed by atoms with Crippen LogP contribution in [0.3, 0.4) is 0 Å². The van der Waals surface area contributed by atoms with Crippen LogP contribution >= 0.6 is 24.0 Å². The molecule has 0 aliphatic heterocycles. The van der Waals surface area contributed by atoms with Crippen molar-refractivity contribution in [2.45, 2.75) is 13.0 Å². The van der Waals surface area contributed by atoms with Gasteiger partial charge in [-0.1, -0.05) is 0 Å². The van der Waals surface area contributed by atoms with E-state index in [1.807, 2.05) is 6.20 Å². The van der Waals surface area contributed by atoms with Gasteiger partial charge in [-0.15, -0.1) is 11.3 Å². The van der Waals surface area contributed by atoms with Crippen LogP contribution < -0.4 is 0 Å². The van der Waals surface area contributed by atoms with E-state index in [4.69, 9.17) is 0 Å². The van der Waals surface area contributed by atoms with Gasteiger partial charge >= 0.3 is 0 Å². The van der Waals surface area contributed by atoms with Gasteiger partial charge in [-0.05, 0) is 19.8 Å². The van der Waals surface area contributed by atoms with E-state index in [2.05, 4.69) is 36.6 Å². The second-order valence-corrected chi connectivity index (χ2v) is 4.58. The lowest BCUT2D eigenvalue weighted by molar-refractivity contribution is 0.406. The molecule has 0 radical (unpaired) electrons. The van der Waals surface area contributed by atoms with Crippen molar-refractivity contribution in [3.63, 3.8) is 0 Å². The minimum atomic E-state index is 0.884. The Morgan fingerprint density at radius 3 is 2.92 bits per heavy atom. The number of thiazole rings is 1. The van der Waals surface area contributed by atoms with Gasteiger partial charge in [0, 0.05) is 24.0 Å². The molecule has 1 rings (SSSR count). The molecule has 0 N–H and O–H groups in total. The lowest BCUT2D eigenvalue weighted by Crippen LogP contribution is -2.09. The summed E-state index contributed by atoms with van der Waals surface area (Å²) in [6.07, 6.45) is 2.95. The van der Waals surface area contributed by atoms with Crippen LogP contribution in [0.1, 0.15) is 9.88 Å². The molecule has 0 bridgehead atoms. The zero-order chi connectivity index (χ0) is 8.97. The first-order valence-corrected chi connectivity index (χ1v) is 5.36. The topological polar surface area (TPSA) is 16.1 Å². The van der Waals surface area contributed by atoms with Crippen molar-refractivity contribution in [3.05, 3.63) is 16.1 Å². The van der Waals surface area contributed by atoms with E-state index >= 15 is 0 Å². The summed E-state index contributed by atoms with van der Waals surface area (Å²) in [5.41, 5.74) is 0. The van der Waals surface area contributed by atoms with Crippen molar-refractivity contribution >= 4 is 24.0 Å². The van der Waals surface area contributed by atoms with Crippen LogP contribution in [0.2, 0.25) is 0 Å². The van der Waals surface area contributed by atoms with Crippen molar-refractivity contribution in [2.24, 2.45) is 0 Å². The SMILES string of the molecule is CN(C)Cc1cnc(CCS)s1. The molecule has 1 heterocycles. The van der Waals surface area contributed by atoms with Gasteiger partial charge in [-0.2, -0.15) is 12.6 Å². The Balaban J connectivity index is 2.52. The molecule has 0 atom stereocenters. The average Bonchev–Trinajstić information content (AvgIpc) is 2.36. The number of hydrogen-bond donors (Lipinski definition) is 1. The second-order valence-electron chi connectivity index (χ2n) is 2.93. The van der Waals surface area contributed by atoms with Crippen LogP contribution in [-0.2, 0) is 13.0 Å². The number of thiol groups is 1. The molecule has 0 amide bonds. The van der Waals surface area contributed by atoms with Crippen molar-refractivity contribution in [2.75, 3.05) is 19.8 Å². The summed E-state index contributed by atoms with van der Waals surface area (Å²) in [5.74, 6) is 0.884. The first-order valence-electron chi connectivity index (χ1n) is 3.91. The molecule has 4 heteroatoms. The molecule has 0 spiro atoms. The second kappa shape index (κ2) is 4.84. The highest BCUT2D eigenvalue weighted by Crippen LogP contribution is 2.14. The molecule has 0 aliphatic carbocycles. The highest BCUT2D eigenvalue weighted by Gasteiger charge is 2.01. The minimum Gasteiger partial charge on any atom is -0.304 e. The van der Waals surface area contributed by atoms with Gasteiger partial charge in [0.15, 0.2) is 0 Å². The van der Waals surface area contributed by atoms with E-state index in [1.54, 1.807) is 11.3 Å². The van der Waals surface area contributed by atoms with Gasteiger partial charge in [-0.25, -0.2) is 4.98 Å². The van der Waals surface area contributed by atoms with E-state index in [-0.39, 0.29) is 0 Å². The predicted octanol–water partition coefficient (Wildman–Crippen LogP) is 1.68. The predicted molar refractivity (Wildman–Crippen MR) is 57.1 cm³/mol. The standard InChI is InChI=1S/C8H14N2S2/c1-10(2)6-7-5-9-8(12-7)3-4-11/h5,11H,3-4,6H2,1-2H3. The number of aromatic nitrogens is 1. The Kier molecular flexibility index (Phi) is 4.05. The van der Waals surface area contributed by atoms with Crippen LogP contribution in [0.25, 0.3) is 0 Å². The summed E-state index contributed by atoms with van der Waals surface area (Å²) in [5, 5.41) is 1.20. The molecule has 0 aliphatic rings. The van der Waals surface area contributed by atoms with Gasteiger partial charge < -0.3 is 4.90 Å². The van der Waals surface area contributed by atoms with Crippen molar-refractivity contribution in [1.82, 2.24) is 9.88 Å². The zero-order valence-corrected chi connectivity index (χ0v) is 9.16. The van der Waals surface area contributed by atoms with E-state index in [0.717, 1.165) is 18.7 Å². The van der Waals surface area contributed by atoms with Gasteiger partial charge in [0.25, 0.3) is 0 Å². The van der Waals surface area contributed by atoms with Crippen LogP contribution in [-0.4, -0.2) is 29.7 Å². The summed E-state index contributed by atoms with van der Waals surface area (Å²) in [6.45, 7) is 0.990. The molecule has 1 aromatic rings. The molecule has 12 heavy (non-hydrogen) atoms. The quantitative estimate of drug-likeness (QED) is 0.748. The Labute approximate surface area is 83.0 Å². The van der Waals surface area contributed by atoms with E-state index in [1.165, 1.54) is 9.88 Å². The fourth-order valence-electron chi connectivity index (χ4n) is 0.944. The fourth-order valence-corrected chi connectivity index (χ4v) is 2.35. The maximum atomic E-state index is 4.30. The van der Waals surface area contributed by atoms with Gasteiger partial charge in [0.05, 0.1) is 5.01 Å². The van der Waals surface area contributed by atoms with E-state index in [9.17, 15) is 0 Å². The molecule has 0 fully saturated rings. The summed E-state index contributed by atoms with van der Waals surface area (Å²) in [4.78, 5) is 7.78. The molecule has 0 unspecified atom stereocenters. The first-order chi connectivity index (χ1) is 5.72. The summed E-state index contributed by atoms with van der Waals surface area (Å²) < 4.78 is 0. The van der Waals surface area contributed by atoms with E-state index in [0.29, 0.717) is 0 Å². The van der Waals surface area contributed by atoms with Crippen LogP contribution in [0.5, 0.6) is 0 Å². The lowest BCUT2D eigenvalue weighted by Gasteiger charge is -2.05. The Morgan fingerprint density at radius 1 is 1.58 bits per heavy atom. The van der Waals surface area contributed by atoms with Crippen LogP contribution in [0.15, 0.2) is 6.20 Å². The zero-order valence-electron chi connectivity index (χ0n) is 7.45. The van der Waals surface area contributed by atoms with Crippen LogP contribution in [0.4, 0.5) is 0 Å². The van der Waals surface area contributed by atoms with E-state index < -0.39 is 0 Å². The Morgan fingerprint density at radius 2 is 2.33 bits per heavy atom. The van der Waals surface area contributed by atoms with Gasteiger partial charge in [0.2, 0.25) is 0 Å². The van der Waals surface area contributed by atoms with Crippen molar-refractivity contribution < 1.29 is 0 Å². The molecular formula is C8H14N2S2. The Bertz CT molecular complexity index is 233. The summed E-state index contributed by atoms with van der Waals surface area (Å²) >= 11 is 5.95. The average molecular weight is 202 g/mol. The summed E-state index contributed by atoms with van der Waals surface area (Å²) in [6, 6.07) is 0. The van der Waals surface area contributed by atoms with Gasteiger partial charge in [0.1, 0.15) is 0 Å². The third kappa shape index (κ3) is 3.13.